The molecule has 0 spiro atoms. The van der Waals surface area contributed by atoms with Crippen LogP contribution in [-0.4, -0.2) is 49.1 Å². The molecule has 1 N–H and O–H groups in total. The van der Waals surface area contributed by atoms with Crippen LogP contribution in [0.3, 0.4) is 0 Å². The van der Waals surface area contributed by atoms with Crippen LogP contribution in [0.4, 0.5) is 0 Å². The quantitative estimate of drug-likeness (QED) is 0.772. The summed E-state index contributed by atoms with van der Waals surface area (Å²) in [6.45, 7) is 7.23. The molecule has 0 saturated carbocycles. The Labute approximate surface area is 106 Å². The number of thioether (sulfide) groups is 1. The summed E-state index contributed by atoms with van der Waals surface area (Å²) in [5.41, 5.74) is 0. The SMILES string of the molecule is CSCCC(C)NC(C)C1CCCN(C)C1. The number of rotatable bonds is 6. The highest BCUT2D eigenvalue weighted by atomic mass is 32.2. The Hall–Kier alpha value is 0.270. The zero-order chi connectivity index (χ0) is 12.0. The number of hydrogen-bond acceptors (Lipinski definition) is 3. The average molecular weight is 244 g/mol. The summed E-state index contributed by atoms with van der Waals surface area (Å²) < 4.78 is 0. The average Bonchev–Trinajstić information content (AvgIpc) is 2.26. The molecule has 1 fully saturated rings. The topological polar surface area (TPSA) is 15.3 Å². The second kappa shape index (κ2) is 7.57. The van der Waals surface area contributed by atoms with E-state index in [9.17, 15) is 0 Å². The van der Waals surface area contributed by atoms with Crippen molar-refractivity contribution in [3.8, 4) is 0 Å². The summed E-state index contributed by atoms with van der Waals surface area (Å²) in [5, 5.41) is 3.76. The van der Waals surface area contributed by atoms with Crippen molar-refractivity contribution >= 4 is 11.8 Å². The minimum atomic E-state index is 0.662. The minimum Gasteiger partial charge on any atom is -0.311 e. The highest BCUT2D eigenvalue weighted by Crippen LogP contribution is 2.19. The third-order valence-corrected chi connectivity index (χ3v) is 4.31. The van der Waals surface area contributed by atoms with Crippen LogP contribution in [0, 0.1) is 5.92 Å². The van der Waals surface area contributed by atoms with E-state index in [1.54, 1.807) is 0 Å². The van der Waals surface area contributed by atoms with Crippen molar-refractivity contribution in [1.82, 2.24) is 10.2 Å². The first kappa shape index (κ1) is 14.3. The van der Waals surface area contributed by atoms with E-state index < -0.39 is 0 Å². The van der Waals surface area contributed by atoms with Crippen LogP contribution in [-0.2, 0) is 0 Å². The van der Waals surface area contributed by atoms with E-state index in [0.717, 1.165) is 5.92 Å². The van der Waals surface area contributed by atoms with E-state index in [4.69, 9.17) is 0 Å². The number of piperidine rings is 1. The molecule has 2 nitrogen and oxygen atoms in total. The molecule has 0 radical (unpaired) electrons. The number of hydrogen-bond donors (Lipinski definition) is 1. The molecule has 1 aliphatic rings. The lowest BCUT2D eigenvalue weighted by Crippen LogP contribution is -2.46. The van der Waals surface area contributed by atoms with Crippen LogP contribution >= 0.6 is 11.8 Å². The maximum absolute atomic E-state index is 3.76. The normalized spacial score (nSPS) is 26.6. The van der Waals surface area contributed by atoms with Crippen LogP contribution in [0.5, 0.6) is 0 Å². The summed E-state index contributed by atoms with van der Waals surface area (Å²) in [4.78, 5) is 2.47. The van der Waals surface area contributed by atoms with Gasteiger partial charge in [-0.2, -0.15) is 11.8 Å². The summed E-state index contributed by atoms with van der Waals surface area (Å²) in [6, 6.07) is 1.33. The third kappa shape index (κ3) is 5.07. The molecule has 0 amide bonds. The molecule has 0 aromatic rings. The number of nitrogens with zero attached hydrogens (tertiary/aromatic N) is 1. The standard InChI is InChI=1S/C13H28N2S/c1-11(7-9-16-4)14-12(2)13-6-5-8-15(3)10-13/h11-14H,5-10H2,1-4H3. The van der Waals surface area contributed by atoms with Gasteiger partial charge < -0.3 is 10.2 Å². The van der Waals surface area contributed by atoms with Gasteiger partial charge in [0.2, 0.25) is 0 Å². The van der Waals surface area contributed by atoms with Crippen molar-refractivity contribution in [1.29, 1.82) is 0 Å². The lowest BCUT2D eigenvalue weighted by molar-refractivity contribution is 0.174. The molecule has 96 valence electrons. The van der Waals surface area contributed by atoms with Gasteiger partial charge in [-0.25, -0.2) is 0 Å². The summed E-state index contributed by atoms with van der Waals surface area (Å²) in [6.07, 6.45) is 6.24. The van der Waals surface area contributed by atoms with Gasteiger partial charge >= 0.3 is 0 Å². The largest absolute Gasteiger partial charge is 0.311 e. The van der Waals surface area contributed by atoms with Crippen molar-refractivity contribution in [2.75, 3.05) is 32.1 Å². The highest BCUT2D eigenvalue weighted by Gasteiger charge is 2.23. The first-order valence-corrected chi connectivity index (χ1v) is 7.96. The van der Waals surface area contributed by atoms with Gasteiger partial charge in [0.1, 0.15) is 0 Å². The van der Waals surface area contributed by atoms with Crippen LogP contribution in [0.25, 0.3) is 0 Å². The Morgan fingerprint density at radius 3 is 2.81 bits per heavy atom. The Bertz CT molecular complexity index is 187. The van der Waals surface area contributed by atoms with Crippen LogP contribution < -0.4 is 5.32 Å². The molecule has 1 saturated heterocycles. The Kier molecular flexibility index (Phi) is 6.78. The highest BCUT2D eigenvalue weighted by molar-refractivity contribution is 7.98. The van der Waals surface area contributed by atoms with Gasteiger partial charge in [-0.1, -0.05) is 0 Å². The minimum absolute atomic E-state index is 0.662. The third-order valence-electron chi connectivity index (χ3n) is 3.67. The maximum Gasteiger partial charge on any atom is 0.00816 e. The fourth-order valence-electron chi connectivity index (χ4n) is 2.58. The van der Waals surface area contributed by atoms with E-state index >= 15 is 0 Å². The predicted octanol–water partition coefficient (Wildman–Crippen LogP) is 2.45. The van der Waals surface area contributed by atoms with Crippen molar-refractivity contribution in [2.45, 2.75) is 45.2 Å². The fraction of sp³-hybridized carbons (Fsp3) is 1.00. The lowest BCUT2D eigenvalue weighted by Gasteiger charge is -2.35. The smallest absolute Gasteiger partial charge is 0.00816 e. The van der Waals surface area contributed by atoms with Gasteiger partial charge in [0.15, 0.2) is 0 Å². The zero-order valence-electron chi connectivity index (χ0n) is 11.3. The first-order valence-electron chi connectivity index (χ1n) is 6.57. The van der Waals surface area contributed by atoms with E-state index in [0.29, 0.717) is 12.1 Å². The van der Waals surface area contributed by atoms with Crippen LogP contribution in [0.1, 0.15) is 33.1 Å². The van der Waals surface area contributed by atoms with Gasteiger partial charge in [0.25, 0.3) is 0 Å². The van der Waals surface area contributed by atoms with Gasteiger partial charge in [0.05, 0.1) is 0 Å². The van der Waals surface area contributed by atoms with Crippen molar-refractivity contribution in [2.24, 2.45) is 5.92 Å². The molecule has 1 rings (SSSR count). The molecule has 3 atom stereocenters. The van der Waals surface area contributed by atoms with Crippen LogP contribution in [0.2, 0.25) is 0 Å². The molecule has 0 bridgehead atoms. The Balaban J connectivity index is 2.24. The van der Waals surface area contributed by atoms with E-state index in [2.05, 4.69) is 37.4 Å². The summed E-state index contributed by atoms with van der Waals surface area (Å²) in [5.74, 6) is 2.11. The van der Waals surface area contributed by atoms with Crippen LogP contribution in [0.15, 0.2) is 0 Å². The molecular weight excluding hydrogens is 216 g/mol. The van der Waals surface area contributed by atoms with E-state index in [1.165, 1.54) is 38.1 Å². The molecule has 1 heterocycles. The van der Waals surface area contributed by atoms with Crippen molar-refractivity contribution in [3.63, 3.8) is 0 Å². The number of nitrogens with one attached hydrogen (secondary N) is 1. The molecule has 3 unspecified atom stereocenters. The monoisotopic (exact) mass is 244 g/mol. The van der Waals surface area contributed by atoms with E-state index in [-0.39, 0.29) is 0 Å². The predicted molar refractivity (Wildman–Crippen MR) is 75.3 cm³/mol. The zero-order valence-corrected chi connectivity index (χ0v) is 12.1. The summed E-state index contributed by atoms with van der Waals surface area (Å²) >= 11 is 1.94. The molecule has 0 aromatic carbocycles. The second-order valence-corrected chi connectivity index (χ2v) is 6.29. The summed E-state index contributed by atoms with van der Waals surface area (Å²) in [7, 11) is 2.25. The lowest BCUT2D eigenvalue weighted by atomic mass is 9.91. The van der Waals surface area contributed by atoms with E-state index in [1.807, 2.05) is 11.8 Å². The van der Waals surface area contributed by atoms with Crippen molar-refractivity contribution < 1.29 is 0 Å². The van der Waals surface area contributed by atoms with Crippen molar-refractivity contribution in [3.05, 3.63) is 0 Å². The molecule has 1 aliphatic heterocycles. The molecule has 3 heteroatoms. The molecule has 0 aliphatic carbocycles. The molecule has 0 aromatic heterocycles. The fourth-order valence-corrected chi connectivity index (χ4v) is 3.17. The Morgan fingerprint density at radius 2 is 2.19 bits per heavy atom. The first-order chi connectivity index (χ1) is 7.63. The van der Waals surface area contributed by atoms with Gasteiger partial charge in [-0.15, -0.1) is 0 Å². The Morgan fingerprint density at radius 1 is 1.44 bits per heavy atom. The maximum atomic E-state index is 3.76. The molecular formula is C13H28N2S. The number of likely N-dealkylation sites (tertiary alicyclic amines) is 1. The second-order valence-electron chi connectivity index (χ2n) is 5.30. The van der Waals surface area contributed by atoms with Gasteiger partial charge in [0, 0.05) is 18.6 Å². The van der Waals surface area contributed by atoms with Gasteiger partial charge in [-0.3, -0.25) is 0 Å². The van der Waals surface area contributed by atoms with Gasteiger partial charge in [-0.05, 0) is 64.6 Å². The molecule has 16 heavy (non-hydrogen) atoms.